The molecule has 0 amide bonds. The number of benzene rings is 1. The minimum absolute atomic E-state index is 0.225. The maximum absolute atomic E-state index is 5.83. The molecule has 0 aromatic heterocycles. The molecule has 0 saturated carbocycles. The molecule has 1 aliphatic heterocycles. The Kier molecular flexibility index (Phi) is 4.46. The number of piperidine rings is 1. The Bertz CT molecular complexity index is 370. The number of hydrogen-bond acceptors (Lipinski definition) is 2. The number of hydrogen-bond donors (Lipinski definition) is 1. The summed E-state index contributed by atoms with van der Waals surface area (Å²) in [7, 11) is 0. The molecule has 1 atom stereocenters. The Morgan fingerprint density at radius 3 is 2.59 bits per heavy atom. The van der Waals surface area contributed by atoms with Crippen molar-refractivity contribution in [3.63, 3.8) is 0 Å². The molecular weight excluding hydrogens is 276 g/mol. The summed E-state index contributed by atoms with van der Waals surface area (Å²) in [6.45, 7) is 4.42. The Balaban J connectivity index is 2.13. The van der Waals surface area contributed by atoms with Crippen LogP contribution in [0, 0.1) is 0 Å². The van der Waals surface area contributed by atoms with Gasteiger partial charge in [0.1, 0.15) is 0 Å². The fourth-order valence-electron chi connectivity index (χ4n) is 2.44. The molecule has 2 nitrogen and oxygen atoms in total. The normalized spacial score (nSPS) is 18.2. The summed E-state index contributed by atoms with van der Waals surface area (Å²) in [5, 5.41) is 0. The van der Waals surface area contributed by atoms with Crippen LogP contribution >= 0.6 is 15.9 Å². The van der Waals surface area contributed by atoms with Gasteiger partial charge in [-0.1, -0.05) is 6.07 Å². The highest BCUT2D eigenvalue weighted by Gasteiger charge is 2.13. The SMILES string of the molecule is CC(N)Cc1ccc(N2CCCCC2)c(Br)c1. The van der Waals surface area contributed by atoms with Gasteiger partial charge in [0.05, 0.1) is 5.69 Å². The minimum Gasteiger partial charge on any atom is -0.371 e. The van der Waals surface area contributed by atoms with Gasteiger partial charge in [-0.2, -0.15) is 0 Å². The van der Waals surface area contributed by atoms with Crippen molar-refractivity contribution < 1.29 is 0 Å². The highest BCUT2D eigenvalue weighted by Crippen LogP contribution is 2.29. The summed E-state index contributed by atoms with van der Waals surface area (Å²) < 4.78 is 1.21. The Labute approximate surface area is 112 Å². The van der Waals surface area contributed by atoms with E-state index in [9.17, 15) is 0 Å². The van der Waals surface area contributed by atoms with E-state index in [0.717, 1.165) is 6.42 Å². The second kappa shape index (κ2) is 5.87. The number of nitrogens with two attached hydrogens (primary N) is 1. The van der Waals surface area contributed by atoms with Crippen molar-refractivity contribution >= 4 is 21.6 Å². The van der Waals surface area contributed by atoms with Crippen LogP contribution in [0.5, 0.6) is 0 Å². The molecule has 1 aromatic carbocycles. The van der Waals surface area contributed by atoms with E-state index >= 15 is 0 Å². The van der Waals surface area contributed by atoms with E-state index in [1.807, 2.05) is 6.92 Å². The van der Waals surface area contributed by atoms with Crippen LogP contribution in [0.15, 0.2) is 22.7 Å². The molecule has 2 N–H and O–H groups in total. The number of rotatable bonds is 3. The van der Waals surface area contributed by atoms with Gasteiger partial charge >= 0.3 is 0 Å². The predicted molar refractivity (Wildman–Crippen MR) is 77.6 cm³/mol. The highest BCUT2D eigenvalue weighted by molar-refractivity contribution is 9.10. The van der Waals surface area contributed by atoms with E-state index in [1.165, 1.54) is 48.1 Å². The first-order valence-electron chi connectivity index (χ1n) is 6.46. The van der Waals surface area contributed by atoms with Gasteiger partial charge in [-0.15, -0.1) is 0 Å². The van der Waals surface area contributed by atoms with Gasteiger partial charge in [0, 0.05) is 23.6 Å². The summed E-state index contributed by atoms with van der Waals surface area (Å²) in [5.41, 5.74) is 8.47. The first kappa shape index (κ1) is 12.9. The lowest BCUT2D eigenvalue weighted by atomic mass is 10.1. The minimum atomic E-state index is 0.225. The Morgan fingerprint density at radius 1 is 1.29 bits per heavy atom. The first-order valence-corrected chi connectivity index (χ1v) is 7.25. The molecule has 0 spiro atoms. The topological polar surface area (TPSA) is 29.3 Å². The van der Waals surface area contributed by atoms with Crippen LogP contribution < -0.4 is 10.6 Å². The summed E-state index contributed by atoms with van der Waals surface area (Å²) in [5.74, 6) is 0. The van der Waals surface area contributed by atoms with Crippen LogP contribution in [0.4, 0.5) is 5.69 Å². The van der Waals surface area contributed by atoms with Crippen molar-refractivity contribution in [1.29, 1.82) is 0 Å². The van der Waals surface area contributed by atoms with Gasteiger partial charge in [0.15, 0.2) is 0 Å². The van der Waals surface area contributed by atoms with Crippen LogP contribution in [0.1, 0.15) is 31.7 Å². The fourth-order valence-corrected chi connectivity index (χ4v) is 3.12. The van der Waals surface area contributed by atoms with E-state index in [4.69, 9.17) is 5.73 Å². The highest BCUT2D eigenvalue weighted by atomic mass is 79.9. The molecule has 0 radical (unpaired) electrons. The van der Waals surface area contributed by atoms with Crippen LogP contribution in [-0.4, -0.2) is 19.1 Å². The van der Waals surface area contributed by atoms with Crippen LogP contribution in [0.2, 0.25) is 0 Å². The zero-order valence-corrected chi connectivity index (χ0v) is 12.0. The molecule has 0 bridgehead atoms. The Morgan fingerprint density at radius 2 is 2.00 bits per heavy atom. The molecule has 3 heteroatoms. The standard InChI is InChI=1S/C14H21BrN2/c1-11(16)9-12-5-6-14(13(15)10-12)17-7-3-2-4-8-17/h5-6,10-11H,2-4,7-9,16H2,1H3. The monoisotopic (exact) mass is 296 g/mol. The molecule has 94 valence electrons. The summed E-state index contributed by atoms with van der Waals surface area (Å²) in [6.07, 6.45) is 4.94. The third-order valence-corrected chi connectivity index (χ3v) is 3.90. The summed E-state index contributed by atoms with van der Waals surface area (Å²) >= 11 is 3.69. The summed E-state index contributed by atoms with van der Waals surface area (Å²) in [4.78, 5) is 2.48. The predicted octanol–water partition coefficient (Wildman–Crippen LogP) is 3.33. The molecular formula is C14H21BrN2. The quantitative estimate of drug-likeness (QED) is 0.927. The van der Waals surface area contributed by atoms with Gasteiger partial charge in [0.25, 0.3) is 0 Å². The molecule has 1 aliphatic rings. The van der Waals surface area contributed by atoms with Crippen LogP contribution in [0.25, 0.3) is 0 Å². The maximum Gasteiger partial charge on any atom is 0.0510 e. The van der Waals surface area contributed by atoms with Crippen molar-refractivity contribution in [2.24, 2.45) is 5.73 Å². The van der Waals surface area contributed by atoms with Crippen LogP contribution in [0.3, 0.4) is 0 Å². The van der Waals surface area contributed by atoms with E-state index in [0.29, 0.717) is 0 Å². The average Bonchev–Trinajstić information content (AvgIpc) is 2.29. The molecule has 2 rings (SSSR count). The number of halogens is 1. The van der Waals surface area contributed by atoms with Gasteiger partial charge in [0.2, 0.25) is 0 Å². The largest absolute Gasteiger partial charge is 0.371 e. The van der Waals surface area contributed by atoms with Crippen molar-refractivity contribution in [2.75, 3.05) is 18.0 Å². The summed E-state index contributed by atoms with van der Waals surface area (Å²) in [6, 6.07) is 6.88. The molecule has 1 fully saturated rings. The smallest absolute Gasteiger partial charge is 0.0510 e. The molecule has 1 heterocycles. The van der Waals surface area contributed by atoms with Crippen molar-refractivity contribution in [2.45, 2.75) is 38.6 Å². The van der Waals surface area contributed by atoms with Crippen molar-refractivity contribution in [1.82, 2.24) is 0 Å². The zero-order valence-electron chi connectivity index (χ0n) is 10.5. The van der Waals surface area contributed by atoms with Gasteiger partial charge < -0.3 is 10.6 Å². The lowest BCUT2D eigenvalue weighted by Crippen LogP contribution is -2.29. The molecule has 1 aromatic rings. The zero-order chi connectivity index (χ0) is 12.3. The van der Waals surface area contributed by atoms with Gasteiger partial charge in [-0.05, 0) is 66.2 Å². The van der Waals surface area contributed by atoms with Crippen molar-refractivity contribution in [3.05, 3.63) is 28.2 Å². The van der Waals surface area contributed by atoms with E-state index in [2.05, 4.69) is 39.0 Å². The lowest BCUT2D eigenvalue weighted by Gasteiger charge is -2.30. The molecule has 0 aliphatic carbocycles. The van der Waals surface area contributed by atoms with E-state index in [-0.39, 0.29) is 6.04 Å². The second-order valence-electron chi connectivity index (χ2n) is 5.01. The third kappa shape index (κ3) is 3.46. The Hall–Kier alpha value is -0.540. The first-order chi connectivity index (χ1) is 8.16. The number of anilines is 1. The fraction of sp³-hybridized carbons (Fsp3) is 0.571. The molecule has 1 saturated heterocycles. The van der Waals surface area contributed by atoms with Gasteiger partial charge in [-0.3, -0.25) is 0 Å². The van der Waals surface area contributed by atoms with Gasteiger partial charge in [-0.25, -0.2) is 0 Å². The van der Waals surface area contributed by atoms with E-state index < -0.39 is 0 Å². The second-order valence-corrected chi connectivity index (χ2v) is 5.87. The third-order valence-electron chi connectivity index (χ3n) is 3.27. The lowest BCUT2D eigenvalue weighted by molar-refractivity contribution is 0.577. The van der Waals surface area contributed by atoms with Crippen LogP contribution in [-0.2, 0) is 6.42 Å². The van der Waals surface area contributed by atoms with E-state index in [1.54, 1.807) is 0 Å². The average molecular weight is 297 g/mol. The molecule has 1 unspecified atom stereocenters. The van der Waals surface area contributed by atoms with Crippen molar-refractivity contribution in [3.8, 4) is 0 Å². The number of nitrogens with zero attached hydrogens (tertiary/aromatic N) is 1. The maximum atomic E-state index is 5.83. The molecule has 17 heavy (non-hydrogen) atoms.